The monoisotopic (exact) mass is 493 g/mol. The number of hydrogen-bond donors (Lipinski definition) is 4. The average molecular weight is 494 g/mol. The number of nitrogens with two attached hydrogens (primary N) is 1. The van der Waals surface area contributed by atoms with Crippen LogP contribution in [0.5, 0.6) is 0 Å². The molecule has 0 amide bonds. The molecule has 1 aliphatic carbocycles. The van der Waals surface area contributed by atoms with E-state index in [-0.39, 0.29) is 6.04 Å². The number of rotatable bonds is 6. The maximum atomic E-state index is 9.49. The van der Waals surface area contributed by atoms with Crippen LogP contribution in [0.3, 0.4) is 0 Å². The first kappa shape index (κ1) is 23.6. The maximum Gasteiger partial charge on any atom is 0.101 e. The molecule has 0 radical (unpaired) electrons. The van der Waals surface area contributed by atoms with Gasteiger partial charge in [0.2, 0.25) is 0 Å². The van der Waals surface area contributed by atoms with Gasteiger partial charge in [-0.25, -0.2) is 4.98 Å². The van der Waals surface area contributed by atoms with E-state index in [9.17, 15) is 5.26 Å². The van der Waals surface area contributed by atoms with Crippen molar-refractivity contribution in [2.24, 2.45) is 0 Å². The first-order chi connectivity index (χ1) is 17.4. The van der Waals surface area contributed by atoms with Crippen molar-refractivity contribution in [1.29, 1.82) is 10.7 Å². The largest absolute Gasteiger partial charge is 0.398 e. The summed E-state index contributed by atoms with van der Waals surface area (Å²) in [7, 11) is 0. The summed E-state index contributed by atoms with van der Waals surface area (Å²) in [6, 6.07) is 15.9. The minimum atomic E-state index is 0.0354. The fraction of sp³-hybridized carbons (Fsp3) is 0.214. The Balaban J connectivity index is 1.42. The third-order valence-corrected chi connectivity index (χ3v) is 7.31. The highest BCUT2D eigenvalue weighted by Gasteiger charge is 2.28. The number of hydrogen-bond acceptors (Lipinski definition) is 7. The summed E-state index contributed by atoms with van der Waals surface area (Å²) in [5.74, 6) is 0. The number of nitrogens with one attached hydrogen (secondary N) is 2. The number of aryl methyl sites for hydroxylation is 1. The summed E-state index contributed by atoms with van der Waals surface area (Å²) in [6.07, 6.45) is 5.19. The number of nitrogens with zero attached hydrogens (tertiary/aromatic N) is 4. The van der Waals surface area contributed by atoms with Gasteiger partial charge in [-0.05, 0) is 67.6 Å². The van der Waals surface area contributed by atoms with E-state index in [1.165, 1.54) is 0 Å². The number of benzene rings is 2. The van der Waals surface area contributed by atoms with E-state index in [0.717, 1.165) is 51.5 Å². The molecule has 7 nitrogen and oxygen atoms in total. The number of fused-ring (bicyclic) bond motifs is 1. The molecule has 0 spiro atoms. The molecule has 8 heteroatoms. The van der Waals surface area contributed by atoms with Crippen LogP contribution in [0.4, 0.5) is 11.4 Å². The first-order valence-electron chi connectivity index (χ1n) is 11.8. The molecule has 2 aromatic heterocycles. The molecule has 5 rings (SSSR count). The van der Waals surface area contributed by atoms with E-state index in [0.29, 0.717) is 34.8 Å². The Morgan fingerprint density at radius 3 is 2.86 bits per heavy atom. The van der Waals surface area contributed by atoms with E-state index < -0.39 is 0 Å². The first-order valence-corrected chi connectivity index (χ1v) is 12.2. The Morgan fingerprint density at radius 1 is 1.28 bits per heavy atom. The second-order valence-corrected chi connectivity index (χ2v) is 9.60. The second-order valence-electron chi connectivity index (χ2n) is 9.12. The van der Waals surface area contributed by atoms with Crippen LogP contribution in [0.15, 0.2) is 59.9 Å². The quantitative estimate of drug-likeness (QED) is 0.167. The smallest absolute Gasteiger partial charge is 0.101 e. The van der Waals surface area contributed by atoms with Crippen LogP contribution in [0, 0.1) is 30.6 Å². The van der Waals surface area contributed by atoms with E-state index in [1.807, 2.05) is 60.9 Å². The van der Waals surface area contributed by atoms with Crippen molar-refractivity contribution in [3.05, 3.63) is 99.9 Å². The molecule has 0 fully saturated rings. The molecule has 1 atom stereocenters. The number of aromatic nitrogens is 3. The third-order valence-electron chi connectivity index (χ3n) is 6.88. The van der Waals surface area contributed by atoms with Gasteiger partial charge in [0.1, 0.15) is 6.07 Å². The lowest BCUT2D eigenvalue weighted by molar-refractivity contribution is 0.744. The molecule has 0 bridgehead atoms. The van der Waals surface area contributed by atoms with Gasteiger partial charge in [-0.3, -0.25) is 10.4 Å². The molecule has 2 heterocycles. The fourth-order valence-electron chi connectivity index (χ4n) is 4.94. The Kier molecular flexibility index (Phi) is 6.25. The summed E-state index contributed by atoms with van der Waals surface area (Å²) < 4.78 is 1.94. The van der Waals surface area contributed by atoms with Gasteiger partial charge in [-0.15, -0.1) is 12.6 Å². The van der Waals surface area contributed by atoms with Gasteiger partial charge in [-0.2, -0.15) is 5.26 Å². The lowest BCUT2D eigenvalue weighted by atomic mass is 10.0. The van der Waals surface area contributed by atoms with Gasteiger partial charge in [0.25, 0.3) is 0 Å². The predicted octanol–water partition coefficient (Wildman–Crippen LogP) is 5.20. The number of anilines is 2. The zero-order valence-electron chi connectivity index (χ0n) is 20.2. The molecule has 0 aliphatic heterocycles. The Morgan fingerprint density at radius 2 is 2.08 bits per heavy atom. The summed E-state index contributed by atoms with van der Waals surface area (Å²) in [4.78, 5) is 9.96. The highest BCUT2D eigenvalue weighted by atomic mass is 32.1. The standard InChI is InChI=1S/C28H27N7S/c1-16-20-8-10-24(28(20)33-17(2)22(16)12-29)34-19-7-9-23(30)21(11-19)27(31)25-13-32-15-35(25)14-18-5-3-4-6-26(18)36/h3-7,9,11,13,15,24,31,34,36H,8,10,14,30H2,1-2H3. The third kappa shape index (κ3) is 4.23. The van der Waals surface area contributed by atoms with Crippen molar-refractivity contribution in [3.63, 3.8) is 0 Å². The number of pyridine rings is 1. The number of thiol groups is 1. The van der Waals surface area contributed by atoms with Crippen molar-refractivity contribution in [2.45, 2.75) is 44.2 Å². The van der Waals surface area contributed by atoms with Crippen LogP contribution in [0.25, 0.3) is 0 Å². The fourth-order valence-corrected chi connectivity index (χ4v) is 5.17. The molecule has 0 saturated carbocycles. The molecule has 1 unspecified atom stereocenters. The average Bonchev–Trinajstić information content (AvgIpc) is 3.49. The van der Waals surface area contributed by atoms with E-state index in [2.05, 4.69) is 29.0 Å². The van der Waals surface area contributed by atoms with Crippen molar-refractivity contribution in [3.8, 4) is 6.07 Å². The highest BCUT2D eigenvalue weighted by molar-refractivity contribution is 7.80. The lowest BCUT2D eigenvalue weighted by Gasteiger charge is -2.18. The Bertz CT molecular complexity index is 1530. The molecule has 4 N–H and O–H groups in total. The van der Waals surface area contributed by atoms with Crippen LogP contribution < -0.4 is 11.1 Å². The predicted molar refractivity (Wildman–Crippen MR) is 145 cm³/mol. The van der Waals surface area contributed by atoms with Gasteiger partial charge in [0.05, 0.1) is 53.5 Å². The molecular formula is C28H27N7S. The number of imidazole rings is 1. The molecule has 180 valence electrons. The van der Waals surface area contributed by atoms with Crippen molar-refractivity contribution < 1.29 is 0 Å². The zero-order chi connectivity index (χ0) is 25.4. The van der Waals surface area contributed by atoms with E-state index in [4.69, 9.17) is 16.1 Å². The second kappa shape index (κ2) is 9.51. The molecular weight excluding hydrogens is 466 g/mol. The van der Waals surface area contributed by atoms with Crippen LogP contribution >= 0.6 is 12.6 Å². The molecule has 4 aromatic rings. The molecule has 36 heavy (non-hydrogen) atoms. The van der Waals surface area contributed by atoms with Crippen molar-refractivity contribution in [2.75, 3.05) is 11.1 Å². The SMILES string of the molecule is Cc1nc2c(c(C)c1C#N)CCC2Nc1ccc(N)c(C(=N)c2cncn2Cc2ccccc2S)c1. The van der Waals surface area contributed by atoms with Crippen LogP contribution in [0.1, 0.15) is 57.4 Å². The number of nitriles is 1. The summed E-state index contributed by atoms with van der Waals surface area (Å²) in [6.45, 7) is 4.45. The van der Waals surface area contributed by atoms with Crippen LogP contribution in [-0.4, -0.2) is 20.2 Å². The minimum absolute atomic E-state index is 0.0354. The molecule has 2 aromatic carbocycles. The van der Waals surface area contributed by atoms with Crippen LogP contribution in [0.2, 0.25) is 0 Å². The topological polar surface area (TPSA) is 116 Å². The Hall–Kier alpha value is -4.09. The Labute approximate surface area is 215 Å². The van der Waals surface area contributed by atoms with Gasteiger partial charge in [0, 0.05) is 21.8 Å². The van der Waals surface area contributed by atoms with E-state index in [1.54, 1.807) is 12.5 Å². The van der Waals surface area contributed by atoms with Crippen molar-refractivity contribution >= 4 is 29.7 Å². The highest BCUT2D eigenvalue weighted by Crippen LogP contribution is 2.36. The van der Waals surface area contributed by atoms with Gasteiger partial charge < -0.3 is 15.6 Å². The summed E-state index contributed by atoms with van der Waals surface area (Å²) in [5, 5.41) is 22.0. The van der Waals surface area contributed by atoms with Gasteiger partial charge >= 0.3 is 0 Å². The van der Waals surface area contributed by atoms with Crippen LogP contribution in [-0.2, 0) is 13.0 Å². The summed E-state index contributed by atoms with van der Waals surface area (Å²) >= 11 is 4.56. The summed E-state index contributed by atoms with van der Waals surface area (Å²) in [5.41, 5.74) is 15.0. The van der Waals surface area contributed by atoms with E-state index >= 15 is 0 Å². The van der Waals surface area contributed by atoms with Gasteiger partial charge in [0.15, 0.2) is 0 Å². The molecule has 1 aliphatic rings. The minimum Gasteiger partial charge on any atom is -0.398 e. The zero-order valence-corrected chi connectivity index (χ0v) is 21.1. The molecule has 0 saturated heterocycles. The normalized spacial score (nSPS) is 14.3. The maximum absolute atomic E-state index is 9.49. The van der Waals surface area contributed by atoms with Gasteiger partial charge in [-0.1, -0.05) is 18.2 Å². The lowest BCUT2D eigenvalue weighted by Crippen LogP contribution is -2.14. The van der Waals surface area contributed by atoms with Crippen molar-refractivity contribution in [1.82, 2.24) is 14.5 Å². The number of nitrogen functional groups attached to an aromatic ring is 1.